The van der Waals surface area contributed by atoms with Gasteiger partial charge >= 0.3 is 0 Å². The van der Waals surface area contributed by atoms with Crippen LogP contribution in [-0.2, 0) is 0 Å². The quantitative estimate of drug-likeness (QED) is 0.676. The smallest absolute Gasteiger partial charge is 0.0561 e. The number of fused-ring (bicyclic) bond motifs is 1. The molecule has 1 aromatic carbocycles. The van der Waals surface area contributed by atoms with Gasteiger partial charge in [0.05, 0.1) is 12.3 Å². The van der Waals surface area contributed by atoms with Gasteiger partial charge in [-0.1, -0.05) is 30.3 Å². The molecule has 3 rings (SSSR count). The normalized spacial score (nSPS) is 26.1. The molecule has 1 atom stereocenters. The first-order chi connectivity index (χ1) is 7.43. The maximum atomic E-state index is 4.72. The van der Waals surface area contributed by atoms with Gasteiger partial charge in [0.15, 0.2) is 0 Å². The molecule has 1 fully saturated rings. The summed E-state index contributed by atoms with van der Waals surface area (Å²) >= 11 is 0. The summed E-state index contributed by atoms with van der Waals surface area (Å²) in [4.78, 5) is 7.30. The summed E-state index contributed by atoms with van der Waals surface area (Å²) < 4.78 is 0. The Labute approximate surface area is 90.6 Å². The van der Waals surface area contributed by atoms with Gasteiger partial charge < -0.3 is 0 Å². The molecule has 2 heterocycles. The van der Waals surface area contributed by atoms with Crippen molar-refractivity contribution in [1.82, 2.24) is 4.90 Å². The van der Waals surface area contributed by atoms with E-state index >= 15 is 0 Å². The molecule has 2 aliphatic rings. The summed E-state index contributed by atoms with van der Waals surface area (Å²) in [6.07, 6.45) is 2.69. The van der Waals surface area contributed by atoms with Crippen LogP contribution >= 0.6 is 0 Å². The van der Waals surface area contributed by atoms with Gasteiger partial charge in [0.25, 0.3) is 0 Å². The molecule has 0 bridgehead atoms. The van der Waals surface area contributed by atoms with E-state index in [2.05, 4.69) is 35.2 Å². The molecule has 0 aromatic heterocycles. The average molecular weight is 200 g/mol. The predicted octanol–water partition coefficient (Wildman–Crippen LogP) is 1.95. The molecule has 1 unspecified atom stereocenters. The van der Waals surface area contributed by atoms with Crippen molar-refractivity contribution in [1.29, 1.82) is 0 Å². The van der Waals surface area contributed by atoms with Gasteiger partial charge in [0, 0.05) is 12.6 Å². The fourth-order valence-electron chi connectivity index (χ4n) is 2.58. The molecule has 2 aliphatic heterocycles. The highest BCUT2D eigenvalue weighted by Crippen LogP contribution is 2.21. The molecule has 0 amide bonds. The van der Waals surface area contributed by atoms with E-state index in [4.69, 9.17) is 4.99 Å². The fraction of sp³-hybridized carbons (Fsp3) is 0.462. The lowest BCUT2D eigenvalue weighted by atomic mass is 10.1. The van der Waals surface area contributed by atoms with E-state index in [1.807, 2.05) is 0 Å². The number of rotatable bonds is 1. The van der Waals surface area contributed by atoms with Crippen LogP contribution < -0.4 is 0 Å². The maximum absolute atomic E-state index is 4.72. The Bertz CT molecular complexity index is 369. The summed E-state index contributed by atoms with van der Waals surface area (Å²) in [5, 5.41) is 0. The zero-order valence-electron chi connectivity index (χ0n) is 8.89. The molecule has 1 aromatic rings. The van der Waals surface area contributed by atoms with Crippen LogP contribution in [0.15, 0.2) is 35.3 Å². The predicted molar refractivity (Wildman–Crippen MR) is 62.4 cm³/mol. The molecule has 0 spiro atoms. The van der Waals surface area contributed by atoms with Crippen molar-refractivity contribution in [2.24, 2.45) is 4.99 Å². The first-order valence-electron chi connectivity index (χ1n) is 5.76. The monoisotopic (exact) mass is 200 g/mol. The zero-order valence-corrected chi connectivity index (χ0v) is 8.89. The second kappa shape index (κ2) is 3.78. The van der Waals surface area contributed by atoms with Crippen LogP contribution in [0.25, 0.3) is 0 Å². The third kappa shape index (κ3) is 1.70. The van der Waals surface area contributed by atoms with Crippen LogP contribution in [0.4, 0.5) is 0 Å². The number of aliphatic imine (C=N–C) groups is 1. The molecule has 78 valence electrons. The van der Waals surface area contributed by atoms with Crippen LogP contribution in [0.3, 0.4) is 0 Å². The molecule has 0 saturated carbocycles. The van der Waals surface area contributed by atoms with Gasteiger partial charge in [-0.3, -0.25) is 9.89 Å². The van der Waals surface area contributed by atoms with Crippen molar-refractivity contribution in [2.75, 3.05) is 19.6 Å². The van der Waals surface area contributed by atoms with Crippen molar-refractivity contribution >= 4 is 5.71 Å². The Kier molecular flexibility index (Phi) is 2.29. The molecular weight excluding hydrogens is 184 g/mol. The molecule has 1 saturated heterocycles. The minimum absolute atomic E-state index is 0.734. The van der Waals surface area contributed by atoms with Crippen molar-refractivity contribution in [3.8, 4) is 0 Å². The Hall–Kier alpha value is -1.15. The minimum atomic E-state index is 0.734. The first-order valence-corrected chi connectivity index (χ1v) is 5.76. The summed E-state index contributed by atoms with van der Waals surface area (Å²) in [7, 11) is 0. The molecule has 0 N–H and O–H groups in total. The SMILES string of the molecule is c1ccc(C2=NCC3CCCN3C2)cc1. The van der Waals surface area contributed by atoms with Crippen LogP contribution in [0.1, 0.15) is 18.4 Å². The largest absolute Gasteiger partial charge is 0.293 e. The van der Waals surface area contributed by atoms with Crippen molar-refractivity contribution in [2.45, 2.75) is 18.9 Å². The second-order valence-electron chi connectivity index (χ2n) is 4.42. The highest BCUT2D eigenvalue weighted by atomic mass is 15.2. The maximum Gasteiger partial charge on any atom is 0.0561 e. The third-order valence-corrected chi connectivity index (χ3v) is 3.45. The average Bonchev–Trinajstić information content (AvgIpc) is 2.77. The highest BCUT2D eigenvalue weighted by Gasteiger charge is 2.28. The van der Waals surface area contributed by atoms with E-state index < -0.39 is 0 Å². The molecular formula is C13H16N2. The summed E-state index contributed by atoms with van der Waals surface area (Å²) in [5.41, 5.74) is 2.57. The Morgan fingerprint density at radius 1 is 1.20 bits per heavy atom. The van der Waals surface area contributed by atoms with Crippen molar-refractivity contribution in [3.05, 3.63) is 35.9 Å². The summed E-state index contributed by atoms with van der Waals surface area (Å²) in [6.45, 7) is 3.31. The molecule has 2 heteroatoms. The van der Waals surface area contributed by atoms with Gasteiger partial charge in [0.1, 0.15) is 0 Å². The standard InChI is InChI=1S/C13H16N2/c1-2-5-11(6-3-1)13-10-15-8-4-7-12(15)9-14-13/h1-3,5-6,12H,4,7-10H2. The van der Waals surface area contributed by atoms with E-state index in [1.54, 1.807) is 0 Å². The van der Waals surface area contributed by atoms with Crippen LogP contribution in [0, 0.1) is 0 Å². The Morgan fingerprint density at radius 2 is 2.07 bits per heavy atom. The number of nitrogens with zero attached hydrogens (tertiary/aromatic N) is 2. The van der Waals surface area contributed by atoms with Gasteiger partial charge in [-0.2, -0.15) is 0 Å². The zero-order chi connectivity index (χ0) is 10.1. The molecule has 0 aliphatic carbocycles. The lowest BCUT2D eigenvalue weighted by Gasteiger charge is -2.28. The van der Waals surface area contributed by atoms with E-state index in [0.29, 0.717) is 0 Å². The number of hydrogen-bond donors (Lipinski definition) is 0. The molecule has 15 heavy (non-hydrogen) atoms. The van der Waals surface area contributed by atoms with Crippen LogP contribution in [-0.4, -0.2) is 36.3 Å². The van der Waals surface area contributed by atoms with E-state index in [-0.39, 0.29) is 0 Å². The topological polar surface area (TPSA) is 15.6 Å². The van der Waals surface area contributed by atoms with Crippen molar-refractivity contribution in [3.63, 3.8) is 0 Å². The van der Waals surface area contributed by atoms with E-state index in [9.17, 15) is 0 Å². The van der Waals surface area contributed by atoms with Gasteiger partial charge in [-0.05, 0) is 24.9 Å². The lowest BCUT2D eigenvalue weighted by molar-refractivity contribution is 0.283. The first kappa shape index (κ1) is 9.10. The lowest BCUT2D eigenvalue weighted by Crippen LogP contribution is -2.40. The third-order valence-electron chi connectivity index (χ3n) is 3.45. The molecule has 0 radical (unpaired) electrons. The fourth-order valence-corrected chi connectivity index (χ4v) is 2.58. The minimum Gasteiger partial charge on any atom is -0.293 e. The molecule has 2 nitrogen and oxygen atoms in total. The number of benzene rings is 1. The van der Waals surface area contributed by atoms with Crippen LogP contribution in [0.5, 0.6) is 0 Å². The van der Waals surface area contributed by atoms with Gasteiger partial charge in [-0.15, -0.1) is 0 Å². The van der Waals surface area contributed by atoms with Crippen molar-refractivity contribution < 1.29 is 0 Å². The summed E-state index contributed by atoms with van der Waals surface area (Å²) in [5.74, 6) is 0. The highest BCUT2D eigenvalue weighted by molar-refractivity contribution is 6.02. The Morgan fingerprint density at radius 3 is 2.93 bits per heavy atom. The van der Waals surface area contributed by atoms with E-state index in [0.717, 1.165) is 19.1 Å². The number of hydrogen-bond acceptors (Lipinski definition) is 2. The summed E-state index contributed by atoms with van der Waals surface area (Å²) in [6, 6.07) is 11.3. The van der Waals surface area contributed by atoms with Gasteiger partial charge in [-0.25, -0.2) is 0 Å². The van der Waals surface area contributed by atoms with Crippen LogP contribution in [0.2, 0.25) is 0 Å². The van der Waals surface area contributed by atoms with E-state index in [1.165, 1.54) is 30.7 Å². The Balaban J connectivity index is 1.84. The second-order valence-corrected chi connectivity index (χ2v) is 4.42. The van der Waals surface area contributed by atoms with Gasteiger partial charge in [0.2, 0.25) is 0 Å².